The first-order chi connectivity index (χ1) is 16.5. The highest BCUT2D eigenvalue weighted by molar-refractivity contribution is 5.94. The molecule has 6 nitrogen and oxygen atoms in total. The van der Waals surface area contributed by atoms with Gasteiger partial charge in [-0.15, -0.1) is 0 Å². The summed E-state index contributed by atoms with van der Waals surface area (Å²) >= 11 is 0. The number of hydrogen-bond donors (Lipinski definition) is 0. The minimum atomic E-state index is -0.268. The van der Waals surface area contributed by atoms with Gasteiger partial charge in [0, 0.05) is 49.9 Å². The van der Waals surface area contributed by atoms with E-state index in [9.17, 15) is 4.79 Å². The lowest BCUT2D eigenvalue weighted by Gasteiger charge is -2.47. The Bertz CT molecular complexity index is 969. The number of nitrogens with zero attached hydrogens (tertiary/aromatic N) is 1. The standard InChI is InChI=1S/C28H37NO5/c1-19(2)32-24-12-11-20(17-25(24)31-3)27(30)29-15-13-28(14-16-29)18-26(33-21-7-6-8-21)22-9-4-5-10-23(22)34-28/h4-5,9-10,17,19,21,26H,6-8,11-16,18H2,1-3H3. The Labute approximate surface area is 202 Å². The Morgan fingerprint density at radius 2 is 1.91 bits per heavy atom. The summed E-state index contributed by atoms with van der Waals surface area (Å²) in [6.07, 6.45) is 9.85. The molecule has 1 aromatic carbocycles. The second-order valence-electron chi connectivity index (χ2n) is 10.3. The molecule has 0 bridgehead atoms. The molecule has 2 aliphatic carbocycles. The minimum Gasteiger partial charge on any atom is -0.493 e. The number of hydrogen-bond acceptors (Lipinski definition) is 5. The van der Waals surface area contributed by atoms with Gasteiger partial charge < -0.3 is 23.8 Å². The maximum atomic E-state index is 13.3. The predicted molar refractivity (Wildman–Crippen MR) is 129 cm³/mol. The normalized spacial score (nSPS) is 24.3. The van der Waals surface area contributed by atoms with Gasteiger partial charge in [-0.25, -0.2) is 0 Å². The molecule has 1 amide bonds. The summed E-state index contributed by atoms with van der Waals surface area (Å²) in [5.74, 6) is 2.55. The second-order valence-corrected chi connectivity index (χ2v) is 10.3. The smallest absolute Gasteiger partial charge is 0.249 e. The molecule has 2 fully saturated rings. The summed E-state index contributed by atoms with van der Waals surface area (Å²) in [5.41, 5.74) is 1.70. The molecule has 0 N–H and O–H groups in total. The number of carbonyl (C=O) groups excluding carboxylic acids is 1. The molecule has 0 aromatic heterocycles. The van der Waals surface area contributed by atoms with Crippen LogP contribution in [-0.2, 0) is 19.0 Å². The van der Waals surface area contributed by atoms with Gasteiger partial charge in [0.15, 0.2) is 5.76 Å². The monoisotopic (exact) mass is 467 g/mol. The summed E-state index contributed by atoms with van der Waals surface area (Å²) < 4.78 is 24.5. The van der Waals surface area contributed by atoms with E-state index in [2.05, 4.69) is 18.2 Å². The Morgan fingerprint density at radius 1 is 1.15 bits per heavy atom. The van der Waals surface area contributed by atoms with Gasteiger partial charge in [0.05, 0.1) is 25.4 Å². The van der Waals surface area contributed by atoms with Crippen LogP contribution in [0.5, 0.6) is 5.75 Å². The molecule has 184 valence electrons. The van der Waals surface area contributed by atoms with Gasteiger partial charge in [-0.1, -0.05) is 18.2 Å². The van der Waals surface area contributed by atoms with Crippen molar-refractivity contribution >= 4 is 5.91 Å². The fourth-order valence-electron chi connectivity index (χ4n) is 5.47. The number of ether oxygens (including phenoxy) is 4. The molecule has 34 heavy (non-hydrogen) atoms. The van der Waals surface area contributed by atoms with Crippen molar-refractivity contribution in [3.05, 3.63) is 53.0 Å². The first-order valence-electron chi connectivity index (χ1n) is 12.8. The molecule has 2 heterocycles. The first-order valence-corrected chi connectivity index (χ1v) is 12.8. The number of para-hydroxylation sites is 1. The van der Waals surface area contributed by atoms with Crippen LogP contribution in [0.3, 0.4) is 0 Å². The maximum absolute atomic E-state index is 13.3. The summed E-state index contributed by atoms with van der Waals surface area (Å²) in [7, 11) is 1.63. The van der Waals surface area contributed by atoms with E-state index >= 15 is 0 Å². The largest absolute Gasteiger partial charge is 0.493 e. The summed E-state index contributed by atoms with van der Waals surface area (Å²) in [4.78, 5) is 15.3. The van der Waals surface area contributed by atoms with Crippen LogP contribution in [0, 0.1) is 0 Å². The molecular formula is C28H37NO5. The van der Waals surface area contributed by atoms with Crippen molar-refractivity contribution in [3.8, 4) is 5.75 Å². The zero-order chi connectivity index (χ0) is 23.7. The molecular weight excluding hydrogens is 430 g/mol. The van der Waals surface area contributed by atoms with E-state index in [0.717, 1.165) is 49.2 Å². The molecule has 5 rings (SSSR count). The summed E-state index contributed by atoms with van der Waals surface area (Å²) in [5, 5.41) is 0. The highest BCUT2D eigenvalue weighted by Crippen LogP contribution is 2.47. The lowest BCUT2D eigenvalue weighted by atomic mass is 9.81. The second kappa shape index (κ2) is 9.65. The molecule has 1 aromatic rings. The average Bonchev–Trinajstić information content (AvgIpc) is 2.81. The lowest BCUT2D eigenvalue weighted by Crippen LogP contribution is -2.52. The van der Waals surface area contributed by atoms with E-state index in [0.29, 0.717) is 37.8 Å². The number of amides is 1. The van der Waals surface area contributed by atoms with Crippen LogP contribution in [0.25, 0.3) is 0 Å². The molecule has 6 heteroatoms. The van der Waals surface area contributed by atoms with E-state index in [1.807, 2.05) is 30.9 Å². The predicted octanol–water partition coefficient (Wildman–Crippen LogP) is 5.44. The van der Waals surface area contributed by atoms with Crippen LogP contribution in [0.1, 0.15) is 76.9 Å². The highest BCUT2D eigenvalue weighted by atomic mass is 16.5. The fourth-order valence-corrected chi connectivity index (χ4v) is 5.47. The van der Waals surface area contributed by atoms with E-state index in [1.165, 1.54) is 12.0 Å². The molecule has 1 saturated heterocycles. The van der Waals surface area contributed by atoms with Crippen LogP contribution < -0.4 is 4.74 Å². The van der Waals surface area contributed by atoms with Crippen molar-refractivity contribution in [2.75, 3.05) is 20.2 Å². The minimum absolute atomic E-state index is 0.0762. The number of rotatable bonds is 6. The van der Waals surface area contributed by atoms with Crippen molar-refractivity contribution in [2.24, 2.45) is 0 Å². The van der Waals surface area contributed by atoms with Crippen molar-refractivity contribution in [3.63, 3.8) is 0 Å². The first kappa shape index (κ1) is 23.3. The zero-order valence-electron chi connectivity index (χ0n) is 20.7. The Hall–Kier alpha value is -2.47. The summed E-state index contributed by atoms with van der Waals surface area (Å²) in [6, 6.07) is 8.30. The molecule has 2 aliphatic heterocycles. The highest BCUT2D eigenvalue weighted by Gasteiger charge is 2.45. The number of fused-ring (bicyclic) bond motifs is 1. The average molecular weight is 468 g/mol. The van der Waals surface area contributed by atoms with Crippen molar-refractivity contribution in [1.82, 2.24) is 4.90 Å². The third kappa shape index (κ3) is 4.70. The van der Waals surface area contributed by atoms with Crippen LogP contribution in [0.4, 0.5) is 0 Å². The third-order valence-corrected chi connectivity index (χ3v) is 7.59. The van der Waals surface area contributed by atoms with Crippen molar-refractivity contribution in [2.45, 2.75) is 89.1 Å². The third-order valence-electron chi connectivity index (χ3n) is 7.59. The molecule has 1 unspecified atom stereocenters. The van der Waals surface area contributed by atoms with Gasteiger partial charge in [0.25, 0.3) is 0 Å². The van der Waals surface area contributed by atoms with Gasteiger partial charge in [-0.3, -0.25) is 4.79 Å². The van der Waals surface area contributed by atoms with Crippen LogP contribution in [0.2, 0.25) is 0 Å². The van der Waals surface area contributed by atoms with E-state index in [4.69, 9.17) is 18.9 Å². The number of methoxy groups -OCH3 is 1. The number of piperidine rings is 1. The van der Waals surface area contributed by atoms with Gasteiger partial charge in [-0.2, -0.15) is 0 Å². The zero-order valence-corrected chi connectivity index (χ0v) is 20.7. The quantitative estimate of drug-likeness (QED) is 0.557. The summed E-state index contributed by atoms with van der Waals surface area (Å²) in [6.45, 7) is 5.38. The Kier molecular flexibility index (Phi) is 6.61. The fraction of sp³-hybridized carbons (Fsp3) is 0.607. The van der Waals surface area contributed by atoms with Gasteiger partial charge in [-0.05, 0) is 51.7 Å². The van der Waals surface area contributed by atoms with Crippen molar-refractivity contribution < 1.29 is 23.7 Å². The van der Waals surface area contributed by atoms with Crippen LogP contribution in [0.15, 0.2) is 47.4 Å². The number of benzene rings is 1. The van der Waals surface area contributed by atoms with E-state index < -0.39 is 0 Å². The lowest BCUT2D eigenvalue weighted by molar-refractivity contribution is -0.136. The van der Waals surface area contributed by atoms with Crippen LogP contribution in [-0.4, -0.2) is 48.8 Å². The SMILES string of the molecule is COC1=C(OC(C)C)CCC(C(=O)N2CCC3(CC2)CC(OC2CCC2)c2ccccc2O3)=C1. The Balaban J connectivity index is 1.26. The number of allylic oxidation sites excluding steroid dienone is 2. The van der Waals surface area contributed by atoms with Crippen molar-refractivity contribution in [1.29, 1.82) is 0 Å². The van der Waals surface area contributed by atoms with Crippen LogP contribution >= 0.6 is 0 Å². The maximum Gasteiger partial charge on any atom is 0.249 e. The van der Waals surface area contributed by atoms with E-state index in [1.54, 1.807) is 7.11 Å². The molecule has 1 saturated carbocycles. The number of likely N-dealkylation sites (tertiary alicyclic amines) is 1. The molecule has 4 aliphatic rings. The Morgan fingerprint density at radius 3 is 2.59 bits per heavy atom. The van der Waals surface area contributed by atoms with E-state index in [-0.39, 0.29) is 23.7 Å². The van der Waals surface area contributed by atoms with Gasteiger partial charge in [0.1, 0.15) is 17.1 Å². The number of carbonyl (C=O) groups is 1. The van der Waals surface area contributed by atoms with Gasteiger partial charge >= 0.3 is 0 Å². The van der Waals surface area contributed by atoms with Gasteiger partial charge in [0.2, 0.25) is 5.91 Å². The molecule has 0 radical (unpaired) electrons. The molecule has 1 atom stereocenters. The topological polar surface area (TPSA) is 57.2 Å². The molecule has 1 spiro atoms.